The molecule has 2 nitrogen and oxygen atoms in total. The number of rotatable bonds is 8. The third-order valence-corrected chi connectivity index (χ3v) is 13.6. The maximum absolute atomic E-state index is 2.44. The van der Waals surface area contributed by atoms with E-state index in [-0.39, 0.29) is 5.41 Å². The van der Waals surface area contributed by atoms with Crippen molar-refractivity contribution in [3.05, 3.63) is 254 Å². The molecule has 0 unspecified atom stereocenters. The first-order valence-electron chi connectivity index (χ1n) is 22.6. The lowest BCUT2D eigenvalue weighted by atomic mass is 9.82. The van der Waals surface area contributed by atoms with Gasteiger partial charge in [-0.2, -0.15) is 0 Å². The summed E-state index contributed by atoms with van der Waals surface area (Å²) < 4.78 is 2.43. The minimum Gasteiger partial charge on any atom is -0.310 e. The number of fused-ring (bicyclic) bond motifs is 6. The van der Waals surface area contributed by atoms with E-state index in [0.717, 1.165) is 17.1 Å². The van der Waals surface area contributed by atoms with Crippen molar-refractivity contribution >= 4 is 38.9 Å². The molecule has 1 aliphatic carbocycles. The summed E-state index contributed by atoms with van der Waals surface area (Å²) >= 11 is 0. The molecule has 0 atom stereocenters. The van der Waals surface area contributed by atoms with Gasteiger partial charge in [-0.15, -0.1) is 0 Å². The molecule has 0 bridgehead atoms. The summed E-state index contributed by atoms with van der Waals surface area (Å²) in [6, 6.07) is 88.8. The second-order valence-electron chi connectivity index (χ2n) is 17.7. The Morgan fingerprint density at radius 2 is 0.769 bits per heavy atom. The molecule has 0 amide bonds. The third-order valence-electron chi connectivity index (χ3n) is 13.6. The summed E-state index contributed by atoms with van der Waals surface area (Å²) in [7, 11) is 0. The highest BCUT2D eigenvalue weighted by Gasteiger charge is 2.36. The fourth-order valence-corrected chi connectivity index (χ4v) is 10.4. The molecule has 2 heteroatoms. The molecular formula is C63H46N2. The zero-order chi connectivity index (χ0) is 43.5. The molecule has 65 heavy (non-hydrogen) atoms. The average Bonchev–Trinajstić information content (AvgIpc) is 3.82. The summed E-state index contributed by atoms with van der Waals surface area (Å²) in [6.07, 6.45) is 0. The van der Waals surface area contributed by atoms with Crippen LogP contribution in [0.5, 0.6) is 0 Å². The number of hydrogen-bond donors (Lipinski definition) is 0. The number of para-hydroxylation sites is 2. The van der Waals surface area contributed by atoms with Gasteiger partial charge in [-0.1, -0.05) is 190 Å². The Bertz CT molecular complexity index is 3510. The number of nitrogens with zero attached hydrogens (tertiary/aromatic N) is 2. The predicted molar refractivity (Wildman–Crippen MR) is 275 cm³/mol. The van der Waals surface area contributed by atoms with Gasteiger partial charge in [-0.25, -0.2) is 0 Å². The third kappa shape index (κ3) is 6.57. The molecule has 1 aliphatic rings. The number of anilines is 3. The molecule has 0 saturated heterocycles. The number of hydrogen-bond acceptors (Lipinski definition) is 1. The molecule has 0 fully saturated rings. The van der Waals surface area contributed by atoms with Gasteiger partial charge in [0.1, 0.15) is 0 Å². The first-order valence-corrected chi connectivity index (χ1v) is 22.6. The van der Waals surface area contributed by atoms with Crippen LogP contribution in [0.15, 0.2) is 243 Å². The molecule has 308 valence electrons. The fourth-order valence-electron chi connectivity index (χ4n) is 10.4. The van der Waals surface area contributed by atoms with Crippen LogP contribution >= 0.6 is 0 Å². The summed E-state index contributed by atoms with van der Waals surface area (Å²) in [5.74, 6) is 0. The van der Waals surface area contributed by atoms with Gasteiger partial charge in [-0.3, -0.25) is 0 Å². The van der Waals surface area contributed by atoms with Crippen LogP contribution in [-0.2, 0) is 5.41 Å². The summed E-state index contributed by atoms with van der Waals surface area (Å²) in [4.78, 5) is 2.43. The van der Waals surface area contributed by atoms with Gasteiger partial charge >= 0.3 is 0 Å². The summed E-state index contributed by atoms with van der Waals surface area (Å²) in [6.45, 7) is 4.78. The first-order chi connectivity index (χ1) is 32.0. The zero-order valence-electron chi connectivity index (χ0n) is 36.5. The molecule has 0 spiro atoms. The highest BCUT2D eigenvalue weighted by atomic mass is 15.1. The van der Waals surface area contributed by atoms with E-state index in [1.54, 1.807) is 0 Å². The van der Waals surface area contributed by atoms with Gasteiger partial charge in [-0.05, 0) is 133 Å². The standard InChI is InChI=1S/C63H46N2/c1-63(2)59-41-51(35-37-55(59)56-38-36-52(42-60(56)63)65-61-29-13-11-27-57(61)58-28-12-14-30-62(58)65)64(49-33-31-45(32-34-49)54-26-10-9-25-53(54)44-19-7-4-8-20-44)50-24-16-23-48(40-50)47-22-15-21-46(39-47)43-17-5-3-6-18-43/h3-42H,1-2H3. The van der Waals surface area contributed by atoms with E-state index in [1.165, 1.54) is 94.3 Å². The van der Waals surface area contributed by atoms with Crippen LogP contribution in [0.25, 0.3) is 83.1 Å². The van der Waals surface area contributed by atoms with Crippen LogP contribution in [0.3, 0.4) is 0 Å². The summed E-state index contributed by atoms with van der Waals surface area (Å²) in [5.41, 5.74) is 21.6. The van der Waals surface area contributed by atoms with E-state index in [9.17, 15) is 0 Å². The van der Waals surface area contributed by atoms with Crippen molar-refractivity contribution in [3.8, 4) is 61.3 Å². The van der Waals surface area contributed by atoms with Crippen molar-refractivity contribution in [1.82, 2.24) is 4.57 Å². The van der Waals surface area contributed by atoms with Gasteiger partial charge in [0, 0.05) is 38.9 Å². The Balaban J connectivity index is 0.973. The lowest BCUT2D eigenvalue weighted by molar-refractivity contribution is 0.660. The topological polar surface area (TPSA) is 8.17 Å². The van der Waals surface area contributed by atoms with Gasteiger partial charge in [0.25, 0.3) is 0 Å². The maximum Gasteiger partial charge on any atom is 0.0541 e. The summed E-state index contributed by atoms with van der Waals surface area (Å²) in [5, 5.41) is 2.55. The molecule has 0 N–H and O–H groups in total. The van der Waals surface area contributed by atoms with Gasteiger partial charge in [0.2, 0.25) is 0 Å². The van der Waals surface area contributed by atoms with Crippen molar-refractivity contribution < 1.29 is 0 Å². The molecule has 1 aromatic heterocycles. The number of aromatic nitrogens is 1. The van der Waals surface area contributed by atoms with E-state index in [0.29, 0.717) is 0 Å². The molecule has 0 radical (unpaired) electrons. The van der Waals surface area contributed by atoms with Gasteiger partial charge < -0.3 is 9.47 Å². The van der Waals surface area contributed by atoms with Crippen LogP contribution in [0, 0.1) is 0 Å². The van der Waals surface area contributed by atoms with E-state index >= 15 is 0 Å². The van der Waals surface area contributed by atoms with Gasteiger partial charge in [0.15, 0.2) is 0 Å². The maximum atomic E-state index is 2.44. The van der Waals surface area contributed by atoms with Crippen LogP contribution in [-0.4, -0.2) is 4.57 Å². The van der Waals surface area contributed by atoms with E-state index in [2.05, 4.69) is 266 Å². The second-order valence-corrected chi connectivity index (χ2v) is 17.7. The minimum atomic E-state index is -0.244. The van der Waals surface area contributed by atoms with Crippen molar-refractivity contribution in [2.24, 2.45) is 0 Å². The van der Waals surface area contributed by atoms with Crippen molar-refractivity contribution in [2.75, 3.05) is 4.90 Å². The quantitative estimate of drug-likeness (QED) is 0.148. The SMILES string of the molecule is CC1(C)c2cc(N(c3ccc(-c4ccccc4-c4ccccc4)cc3)c3cccc(-c4cccc(-c5ccccc5)c4)c3)ccc2-c2ccc(-n3c4ccccc4c4ccccc43)cc21. The molecule has 0 aliphatic heterocycles. The Morgan fingerprint density at radius 1 is 0.308 bits per heavy atom. The van der Waals surface area contributed by atoms with Crippen LogP contribution < -0.4 is 4.90 Å². The Hall–Kier alpha value is -8.20. The van der Waals surface area contributed by atoms with Gasteiger partial charge in [0.05, 0.1) is 11.0 Å². The highest BCUT2D eigenvalue weighted by Crippen LogP contribution is 2.52. The minimum absolute atomic E-state index is 0.244. The number of benzene rings is 10. The molecule has 12 rings (SSSR count). The van der Waals surface area contributed by atoms with Crippen LogP contribution in [0.2, 0.25) is 0 Å². The Kier molecular flexibility index (Phi) is 9.21. The molecular weight excluding hydrogens is 785 g/mol. The zero-order valence-corrected chi connectivity index (χ0v) is 36.5. The lowest BCUT2D eigenvalue weighted by Gasteiger charge is -2.29. The first kappa shape index (κ1) is 38.5. The van der Waals surface area contributed by atoms with Crippen molar-refractivity contribution in [2.45, 2.75) is 19.3 Å². The van der Waals surface area contributed by atoms with E-state index in [4.69, 9.17) is 0 Å². The fraction of sp³-hybridized carbons (Fsp3) is 0.0476. The average molecular weight is 831 g/mol. The van der Waals surface area contributed by atoms with Crippen LogP contribution in [0.1, 0.15) is 25.0 Å². The molecule has 0 saturated carbocycles. The van der Waals surface area contributed by atoms with Crippen molar-refractivity contribution in [3.63, 3.8) is 0 Å². The highest BCUT2D eigenvalue weighted by molar-refractivity contribution is 6.09. The molecule has 1 heterocycles. The van der Waals surface area contributed by atoms with Crippen LogP contribution in [0.4, 0.5) is 17.1 Å². The second kappa shape index (κ2) is 15.6. The predicted octanol–water partition coefficient (Wildman–Crippen LogP) is 17.2. The Morgan fingerprint density at radius 3 is 1.43 bits per heavy atom. The monoisotopic (exact) mass is 830 g/mol. The molecule has 10 aromatic carbocycles. The lowest BCUT2D eigenvalue weighted by Crippen LogP contribution is -2.17. The smallest absolute Gasteiger partial charge is 0.0541 e. The largest absolute Gasteiger partial charge is 0.310 e. The van der Waals surface area contributed by atoms with E-state index in [1.807, 2.05) is 0 Å². The van der Waals surface area contributed by atoms with Crippen molar-refractivity contribution in [1.29, 1.82) is 0 Å². The normalized spacial score (nSPS) is 12.6. The Labute approximate surface area is 381 Å². The van der Waals surface area contributed by atoms with E-state index < -0.39 is 0 Å². The molecule has 11 aromatic rings.